The van der Waals surface area contributed by atoms with Crippen molar-refractivity contribution in [3.8, 4) is 0 Å². The van der Waals surface area contributed by atoms with Crippen molar-refractivity contribution >= 4 is 0 Å². The van der Waals surface area contributed by atoms with Gasteiger partial charge < -0.3 is 0 Å². The van der Waals surface area contributed by atoms with E-state index in [2.05, 4.69) is 37.7 Å². The first kappa shape index (κ1) is 19.6. The van der Waals surface area contributed by atoms with E-state index in [4.69, 9.17) is 0 Å². The minimum atomic E-state index is 1.07. The van der Waals surface area contributed by atoms with Crippen LogP contribution in [0.4, 0.5) is 0 Å². The van der Waals surface area contributed by atoms with Crippen molar-refractivity contribution in [2.75, 3.05) is 0 Å². The Morgan fingerprint density at radius 2 is 1.21 bits per heavy atom. The van der Waals surface area contributed by atoms with E-state index in [1.165, 1.54) is 12.8 Å². The van der Waals surface area contributed by atoms with E-state index in [-0.39, 0.29) is 0 Å². The molecule has 2 nitrogen and oxygen atoms in total. The first-order chi connectivity index (χ1) is 9.22. The maximum atomic E-state index is 3.98. The van der Waals surface area contributed by atoms with E-state index < -0.39 is 0 Å². The fraction of sp³-hybridized carbons (Fsp3) is 0.412. The average Bonchev–Trinajstić information content (AvgIpc) is 2.44. The molecule has 0 aliphatic rings. The fourth-order valence-corrected chi connectivity index (χ4v) is 0.761. The molecular weight excluding hydrogens is 232 g/mol. The Kier molecular flexibility index (Phi) is 19.3. The summed E-state index contributed by atoms with van der Waals surface area (Å²) in [5, 5.41) is 0. The number of aromatic nitrogens is 2. The van der Waals surface area contributed by atoms with Gasteiger partial charge in [0.2, 0.25) is 0 Å². The number of rotatable bonds is 0. The van der Waals surface area contributed by atoms with Gasteiger partial charge >= 0.3 is 0 Å². The smallest absolute Gasteiger partial charge is 0.0372 e. The van der Waals surface area contributed by atoms with Crippen molar-refractivity contribution in [2.24, 2.45) is 0 Å². The number of pyridine rings is 2. The summed E-state index contributed by atoms with van der Waals surface area (Å²) in [6.45, 7) is 10.5. The summed E-state index contributed by atoms with van der Waals surface area (Å²) in [5.41, 5.74) is 1.07. The third-order valence-electron chi connectivity index (χ3n) is 1.38. The summed E-state index contributed by atoms with van der Waals surface area (Å²) in [6.07, 6.45) is 7.79. The molecule has 0 aromatic carbocycles. The lowest BCUT2D eigenvalue weighted by atomic mass is 10.4. The van der Waals surface area contributed by atoms with Crippen LogP contribution in [0.25, 0.3) is 0 Å². The van der Waals surface area contributed by atoms with E-state index in [0.29, 0.717) is 0 Å². The van der Waals surface area contributed by atoms with Crippen LogP contribution in [-0.2, 0) is 0 Å². The second-order valence-corrected chi connectivity index (χ2v) is 3.91. The Morgan fingerprint density at radius 3 is 1.37 bits per heavy atom. The van der Waals surface area contributed by atoms with Crippen molar-refractivity contribution in [1.29, 1.82) is 0 Å². The molecule has 0 amide bonds. The van der Waals surface area contributed by atoms with Gasteiger partial charge in [-0.05, 0) is 31.2 Å². The average molecular weight is 260 g/mol. The molecule has 2 heteroatoms. The third-order valence-corrected chi connectivity index (χ3v) is 1.38. The number of nitrogens with zero attached hydrogens (tertiary/aromatic N) is 2. The Labute approximate surface area is 118 Å². The molecule has 0 saturated carbocycles. The molecule has 0 atom stereocenters. The van der Waals surface area contributed by atoms with Gasteiger partial charge in [0, 0.05) is 24.3 Å². The topological polar surface area (TPSA) is 25.8 Å². The van der Waals surface area contributed by atoms with Gasteiger partial charge in [-0.1, -0.05) is 52.7 Å². The monoisotopic (exact) mass is 260 g/mol. The Morgan fingerprint density at radius 1 is 0.737 bits per heavy atom. The summed E-state index contributed by atoms with van der Waals surface area (Å²) >= 11 is 0. The van der Waals surface area contributed by atoms with Crippen molar-refractivity contribution in [1.82, 2.24) is 9.97 Å². The number of hydrogen-bond donors (Lipinski definition) is 0. The lowest BCUT2D eigenvalue weighted by Gasteiger charge is -1.82. The van der Waals surface area contributed by atoms with Crippen LogP contribution in [0.1, 0.15) is 46.2 Å². The molecule has 0 radical (unpaired) electrons. The van der Waals surface area contributed by atoms with Crippen LogP contribution >= 0.6 is 0 Å². The van der Waals surface area contributed by atoms with Crippen molar-refractivity contribution in [2.45, 2.75) is 47.5 Å². The second-order valence-electron chi connectivity index (χ2n) is 3.91. The van der Waals surface area contributed by atoms with Gasteiger partial charge in [-0.2, -0.15) is 0 Å². The van der Waals surface area contributed by atoms with Crippen LogP contribution in [0.2, 0.25) is 0 Å². The van der Waals surface area contributed by atoms with Crippen LogP contribution in [0.3, 0.4) is 0 Å². The zero-order valence-electron chi connectivity index (χ0n) is 13.0. The summed E-state index contributed by atoms with van der Waals surface area (Å²) in [7, 11) is 0. The zero-order chi connectivity index (χ0) is 14.8. The normalized spacial score (nSPS) is 7.63. The van der Waals surface area contributed by atoms with E-state index in [0.717, 1.165) is 5.69 Å². The van der Waals surface area contributed by atoms with E-state index >= 15 is 0 Å². The predicted octanol–water partition coefficient (Wildman–Crippen LogP) is 5.30. The lowest BCUT2D eigenvalue weighted by Crippen LogP contribution is -1.72. The van der Waals surface area contributed by atoms with Gasteiger partial charge in [-0.3, -0.25) is 9.97 Å². The van der Waals surface area contributed by atoms with Gasteiger partial charge in [0.25, 0.3) is 0 Å². The van der Waals surface area contributed by atoms with Crippen LogP contribution in [0.5, 0.6) is 0 Å². The molecule has 2 rings (SSSR count). The van der Waals surface area contributed by atoms with Gasteiger partial charge in [-0.15, -0.1) is 0 Å². The summed E-state index contributed by atoms with van der Waals surface area (Å²) in [6, 6.07) is 11.6. The summed E-state index contributed by atoms with van der Waals surface area (Å²) in [5.74, 6) is 0. The molecule has 2 aromatic heterocycles. The highest BCUT2D eigenvalue weighted by atomic mass is 14.6. The van der Waals surface area contributed by atoms with Crippen molar-refractivity contribution in [3.05, 3.63) is 60.7 Å². The van der Waals surface area contributed by atoms with E-state index in [1.807, 2.05) is 43.3 Å². The zero-order valence-corrected chi connectivity index (χ0v) is 13.0. The van der Waals surface area contributed by atoms with Crippen molar-refractivity contribution in [3.63, 3.8) is 0 Å². The number of aryl methyl sites for hydroxylation is 1. The molecule has 0 saturated heterocycles. The van der Waals surface area contributed by atoms with E-state index in [9.17, 15) is 0 Å². The molecule has 2 heterocycles. The van der Waals surface area contributed by atoms with Gasteiger partial charge in [0.15, 0.2) is 0 Å². The Hall–Kier alpha value is -1.70. The number of hydrogen-bond acceptors (Lipinski definition) is 2. The van der Waals surface area contributed by atoms with Gasteiger partial charge in [-0.25, -0.2) is 0 Å². The molecule has 2 aromatic rings. The van der Waals surface area contributed by atoms with Gasteiger partial charge in [0.05, 0.1) is 0 Å². The van der Waals surface area contributed by atoms with Gasteiger partial charge in [0.1, 0.15) is 0 Å². The molecule has 0 spiro atoms. The first-order valence-electron chi connectivity index (χ1n) is 6.95. The molecule has 0 aliphatic heterocycles. The standard InChI is InChI=1S/C6H7N.C5H5N.2C3H8/c1-6-4-2-3-5-7-6;1-2-4-6-5-3-1;2*1-3-2/h2-5H,1H3;1-5H;2*3H2,1-2H3. The molecule has 19 heavy (non-hydrogen) atoms. The Bertz CT molecular complexity index is 304. The maximum Gasteiger partial charge on any atom is 0.0372 e. The molecular formula is C17H28N2. The highest BCUT2D eigenvalue weighted by Gasteiger charge is 1.73. The highest BCUT2D eigenvalue weighted by molar-refractivity contribution is 4.99. The first-order valence-corrected chi connectivity index (χ1v) is 6.95. The quantitative estimate of drug-likeness (QED) is 0.642. The third kappa shape index (κ3) is 22.0. The largest absolute Gasteiger partial charge is 0.265 e. The molecule has 0 unspecified atom stereocenters. The highest BCUT2D eigenvalue weighted by Crippen LogP contribution is 1.86. The lowest BCUT2D eigenvalue weighted by molar-refractivity contribution is 1.09. The maximum absolute atomic E-state index is 3.98. The minimum absolute atomic E-state index is 1.07. The minimum Gasteiger partial charge on any atom is -0.265 e. The van der Waals surface area contributed by atoms with Crippen LogP contribution in [0.15, 0.2) is 55.0 Å². The predicted molar refractivity (Wildman–Crippen MR) is 85.1 cm³/mol. The molecule has 0 bridgehead atoms. The molecule has 0 fully saturated rings. The summed E-state index contributed by atoms with van der Waals surface area (Å²) in [4.78, 5) is 7.76. The van der Waals surface area contributed by atoms with Crippen LogP contribution < -0.4 is 0 Å². The fourth-order valence-electron chi connectivity index (χ4n) is 0.761. The van der Waals surface area contributed by atoms with E-state index in [1.54, 1.807) is 18.6 Å². The van der Waals surface area contributed by atoms with Crippen molar-refractivity contribution < 1.29 is 0 Å². The second kappa shape index (κ2) is 18.7. The molecule has 0 aliphatic carbocycles. The SMILES string of the molecule is CCC.CCC.Cc1ccccn1.c1ccncc1. The Balaban J connectivity index is 0. The summed E-state index contributed by atoms with van der Waals surface area (Å²) < 4.78 is 0. The molecule has 106 valence electrons. The molecule has 0 N–H and O–H groups in total. The van der Waals surface area contributed by atoms with Crippen LogP contribution in [-0.4, -0.2) is 9.97 Å². The van der Waals surface area contributed by atoms with Crippen LogP contribution in [0, 0.1) is 6.92 Å².